The first-order chi connectivity index (χ1) is 12.8. The van der Waals surface area contributed by atoms with Crippen molar-refractivity contribution in [2.24, 2.45) is 11.8 Å². The highest BCUT2D eigenvalue weighted by Crippen LogP contribution is 2.27. The minimum absolute atomic E-state index is 0.217. The summed E-state index contributed by atoms with van der Waals surface area (Å²) in [6.45, 7) is 2.58. The Balaban J connectivity index is 1.36. The minimum atomic E-state index is 0.217. The Hall–Kier alpha value is -2.09. The lowest BCUT2D eigenvalue weighted by Gasteiger charge is -2.33. The highest BCUT2D eigenvalue weighted by atomic mass is 16.1. The summed E-state index contributed by atoms with van der Waals surface area (Å²) in [6, 6.07) is 5.85. The number of carbonyl (C=O) groups is 1. The van der Waals surface area contributed by atoms with E-state index >= 15 is 0 Å². The first-order valence-corrected chi connectivity index (χ1v) is 10.1. The smallest absolute Gasteiger partial charge is 0.220 e. The van der Waals surface area contributed by atoms with E-state index in [1.807, 2.05) is 6.07 Å². The van der Waals surface area contributed by atoms with Gasteiger partial charge in [0.05, 0.1) is 5.56 Å². The average Bonchev–Trinajstić information content (AvgIpc) is 2.72. The Bertz CT molecular complexity index is 625. The van der Waals surface area contributed by atoms with Crippen molar-refractivity contribution in [2.45, 2.75) is 57.8 Å². The van der Waals surface area contributed by atoms with E-state index in [1.165, 1.54) is 32.1 Å². The molecule has 0 atom stereocenters. The van der Waals surface area contributed by atoms with E-state index < -0.39 is 0 Å². The normalized spacial score (nSPS) is 19.1. The number of amides is 1. The van der Waals surface area contributed by atoms with Crippen LogP contribution in [0.25, 0.3) is 0 Å². The van der Waals surface area contributed by atoms with Crippen molar-refractivity contribution in [3.63, 3.8) is 0 Å². The van der Waals surface area contributed by atoms with E-state index in [0.29, 0.717) is 17.9 Å². The van der Waals surface area contributed by atoms with Gasteiger partial charge in [-0.05, 0) is 43.2 Å². The fourth-order valence-corrected chi connectivity index (χ4v) is 4.24. The predicted molar refractivity (Wildman–Crippen MR) is 103 cm³/mol. The van der Waals surface area contributed by atoms with Gasteiger partial charge in [0, 0.05) is 32.3 Å². The molecule has 2 heterocycles. The van der Waals surface area contributed by atoms with Crippen LogP contribution in [0.4, 0.5) is 5.82 Å². The zero-order valence-corrected chi connectivity index (χ0v) is 15.6. The molecule has 1 saturated heterocycles. The number of piperidine rings is 1. The van der Waals surface area contributed by atoms with Gasteiger partial charge in [0.2, 0.25) is 5.91 Å². The van der Waals surface area contributed by atoms with Crippen molar-refractivity contribution < 1.29 is 4.79 Å². The Labute approximate surface area is 156 Å². The lowest BCUT2D eigenvalue weighted by molar-refractivity contribution is -0.121. The van der Waals surface area contributed by atoms with E-state index in [9.17, 15) is 10.1 Å². The molecule has 1 aliphatic heterocycles. The molecule has 26 heavy (non-hydrogen) atoms. The zero-order chi connectivity index (χ0) is 18.2. The van der Waals surface area contributed by atoms with Crippen LogP contribution in [0.1, 0.15) is 63.4 Å². The Morgan fingerprint density at radius 2 is 1.96 bits per heavy atom. The van der Waals surface area contributed by atoms with Gasteiger partial charge in [0.25, 0.3) is 0 Å². The molecule has 5 nitrogen and oxygen atoms in total. The topological polar surface area (TPSA) is 69.0 Å². The summed E-state index contributed by atoms with van der Waals surface area (Å²) >= 11 is 0. The highest BCUT2D eigenvalue weighted by molar-refractivity contribution is 5.75. The number of anilines is 1. The molecule has 140 valence electrons. The number of aromatic nitrogens is 1. The largest absolute Gasteiger partial charge is 0.356 e. The number of hydrogen-bond acceptors (Lipinski definition) is 4. The van der Waals surface area contributed by atoms with Crippen LogP contribution < -0.4 is 10.2 Å². The van der Waals surface area contributed by atoms with Crippen molar-refractivity contribution >= 4 is 11.7 Å². The van der Waals surface area contributed by atoms with Gasteiger partial charge in [-0.25, -0.2) is 4.98 Å². The van der Waals surface area contributed by atoms with Crippen LogP contribution in [0.3, 0.4) is 0 Å². The number of nitrogens with zero attached hydrogens (tertiary/aromatic N) is 3. The zero-order valence-electron chi connectivity index (χ0n) is 15.6. The molecule has 0 bridgehead atoms. The molecule has 1 N–H and O–H groups in total. The van der Waals surface area contributed by atoms with Crippen molar-refractivity contribution in [1.82, 2.24) is 10.3 Å². The van der Waals surface area contributed by atoms with Crippen LogP contribution in [0.2, 0.25) is 0 Å². The second kappa shape index (κ2) is 9.56. The van der Waals surface area contributed by atoms with Crippen molar-refractivity contribution in [3.05, 3.63) is 23.9 Å². The third-order valence-corrected chi connectivity index (χ3v) is 5.91. The minimum Gasteiger partial charge on any atom is -0.356 e. The molecule has 0 unspecified atom stereocenters. The number of hydrogen-bond donors (Lipinski definition) is 1. The van der Waals surface area contributed by atoms with Crippen LogP contribution in [-0.2, 0) is 4.79 Å². The summed E-state index contributed by atoms with van der Waals surface area (Å²) in [5, 5.41) is 12.4. The maximum atomic E-state index is 12.1. The monoisotopic (exact) mass is 354 g/mol. The molecule has 0 spiro atoms. The van der Waals surface area contributed by atoms with Crippen LogP contribution in [0, 0.1) is 23.2 Å². The summed E-state index contributed by atoms with van der Waals surface area (Å²) in [4.78, 5) is 18.7. The molecule has 1 saturated carbocycles. The van der Waals surface area contributed by atoms with Gasteiger partial charge in [0.1, 0.15) is 11.9 Å². The fourth-order valence-electron chi connectivity index (χ4n) is 4.24. The average molecular weight is 354 g/mol. The maximum Gasteiger partial charge on any atom is 0.220 e. The summed E-state index contributed by atoms with van der Waals surface area (Å²) < 4.78 is 0. The van der Waals surface area contributed by atoms with Gasteiger partial charge >= 0.3 is 0 Å². The summed E-state index contributed by atoms with van der Waals surface area (Å²) in [7, 11) is 0. The second-order valence-electron chi connectivity index (χ2n) is 7.76. The Morgan fingerprint density at radius 3 is 2.69 bits per heavy atom. The number of nitriles is 1. The van der Waals surface area contributed by atoms with Crippen molar-refractivity contribution in [1.29, 1.82) is 5.26 Å². The number of nitrogens with one attached hydrogen (secondary N) is 1. The molecule has 0 radical (unpaired) electrons. The van der Waals surface area contributed by atoms with Gasteiger partial charge in [-0.2, -0.15) is 5.26 Å². The SMILES string of the molecule is N#Cc1cccnc1N1CCC(CNC(=O)CCC2CCCCC2)CC1. The quantitative estimate of drug-likeness (QED) is 0.847. The first-order valence-electron chi connectivity index (χ1n) is 10.1. The number of pyridine rings is 1. The van der Waals surface area contributed by atoms with Crippen LogP contribution in [0.15, 0.2) is 18.3 Å². The van der Waals surface area contributed by atoms with Gasteiger partial charge in [-0.1, -0.05) is 32.1 Å². The third kappa shape index (κ3) is 5.20. The molecule has 1 amide bonds. The van der Waals surface area contributed by atoms with Gasteiger partial charge < -0.3 is 10.2 Å². The lowest BCUT2D eigenvalue weighted by Crippen LogP contribution is -2.39. The van der Waals surface area contributed by atoms with Gasteiger partial charge in [-0.15, -0.1) is 0 Å². The molecular weight excluding hydrogens is 324 g/mol. The van der Waals surface area contributed by atoms with E-state index in [1.54, 1.807) is 12.3 Å². The molecular formula is C21H30N4O. The van der Waals surface area contributed by atoms with Crippen molar-refractivity contribution in [3.8, 4) is 6.07 Å². The van der Waals surface area contributed by atoms with E-state index in [0.717, 1.165) is 50.6 Å². The molecule has 3 rings (SSSR count). The first kappa shape index (κ1) is 18.7. The third-order valence-electron chi connectivity index (χ3n) is 5.91. The lowest BCUT2D eigenvalue weighted by atomic mass is 9.86. The van der Waals surface area contributed by atoms with Gasteiger partial charge in [0.15, 0.2) is 0 Å². The number of rotatable bonds is 6. The van der Waals surface area contributed by atoms with E-state index in [4.69, 9.17) is 0 Å². The summed E-state index contributed by atoms with van der Waals surface area (Å²) in [5.41, 5.74) is 0.641. The highest BCUT2D eigenvalue weighted by Gasteiger charge is 2.22. The summed E-state index contributed by atoms with van der Waals surface area (Å²) in [6.07, 6.45) is 12.2. The molecule has 2 fully saturated rings. The van der Waals surface area contributed by atoms with E-state index in [2.05, 4.69) is 21.3 Å². The van der Waals surface area contributed by atoms with Crippen LogP contribution in [0.5, 0.6) is 0 Å². The molecule has 1 aliphatic carbocycles. The molecule has 0 aromatic carbocycles. The molecule has 1 aromatic rings. The summed E-state index contributed by atoms with van der Waals surface area (Å²) in [5.74, 6) is 2.31. The Morgan fingerprint density at radius 1 is 1.19 bits per heavy atom. The standard InChI is InChI=1S/C21H30N4O/c22-15-19-7-4-12-23-21(19)25-13-10-18(11-14-25)16-24-20(26)9-8-17-5-2-1-3-6-17/h4,7,12,17-18H,1-3,5-6,8-11,13-14,16H2,(H,24,26). The Kier molecular flexibility index (Phi) is 6.88. The number of carbonyl (C=O) groups excluding carboxylic acids is 1. The van der Waals surface area contributed by atoms with Crippen molar-refractivity contribution in [2.75, 3.05) is 24.5 Å². The van der Waals surface area contributed by atoms with Gasteiger partial charge in [-0.3, -0.25) is 4.79 Å². The predicted octanol–water partition coefficient (Wildman–Crippen LogP) is 3.65. The van der Waals surface area contributed by atoms with Crippen LogP contribution in [-0.4, -0.2) is 30.5 Å². The van der Waals surface area contributed by atoms with E-state index in [-0.39, 0.29) is 5.91 Å². The molecule has 5 heteroatoms. The van der Waals surface area contributed by atoms with Crippen LogP contribution >= 0.6 is 0 Å². The fraction of sp³-hybridized carbons (Fsp3) is 0.667. The molecule has 1 aromatic heterocycles. The second-order valence-corrected chi connectivity index (χ2v) is 7.76. The maximum absolute atomic E-state index is 12.1. The molecule has 2 aliphatic rings.